The quantitative estimate of drug-likeness (QED) is 0.254. The number of nitrogens with zero attached hydrogens (tertiary/aromatic N) is 1. The molecule has 1 atom stereocenters. The first-order valence-corrected chi connectivity index (χ1v) is 15.3. The van der Waals surface area contributed by atoms with Gasteiger partial charge in [0, 0.05) is 10.0 Å². The summed E-state index contributed by atoms with van der Waals surface area (Å²) >= 11 is 3.57. The van der Waals surface area contributed by atoms with Gasteiger partial charge in [-0.25, -0.2) is 4.21 Å². The Kier molecular flexibility index (Phi) is 8.50. The lowest BCUT2D eigenvalue weighted by Crippen LogP contribution is -2.67. The van der Waals surface area contributed by atoms with Crippen molar-refractivity contribution >= 4 is 51.3 Å². The van der Waals surface area contributed by atoms with E-state index < -0.39 is 24.1 Å². The van der Waals surface area contributed by atoms with Crippen LogP contribution in [0, 0.1) is 0 Å². The molecule has 3 nitrogen and oxygen atoms in total. The van der Waals surface area contributed by atoms with Crippen molar-refractivity contribution in [3.63, 3.8) is 0 Å². The van der Waals surface area contributed by atoms with E-state index in [-0.39, 0.29) is 11.6 Å². The molecule has 3 aromatic carbocycles. The third-order valence-corrected chi connectivity index (χ3v) is 12.6. The van der Waals surface area contributed by atoms with Gasteiger partial charge in [0.25, 0.3) is 8.32 Å². The van der Waals surface area contributed by atoms with Gasteiger partial charge in [0.1, 0.15) is 11.0 Å². The molecule has 6 heteroatoms. The van der Waals surface area contributed by atoms with Crippen LogP contribution in [0.25, 0.3) is 0 Å². The number of hydrogen-bond donors (Lipinski definition) is 0. The normalized spacial score (nSPS) is 14.1. The highest BCUT2D eigenvalue weighted by molar-refractivity contribution is 9.10. The standard InChI is InChI=1S/C28H34BrNO2SSi/c1-27(2,3)33(31)30-26(22-14-13-15-23(29)20-22)21-32-34(28(4,5)6,24-16-9-7-10-17-24)25-18-11-8-12-19-25/h7-20H,21H2,1-6H3/b30-26+/t33-/m0/s1. The lowest BCUT2D eigenvalue weighted by atomic mass is 10.1. The Morgan fingerprint density at radius 3 is 1.82 bits per heavy atom. The van der Waals surface area contributed by atoms with Gasteiger partial charge in [0.15, 0.2) is 0 Å². The summed E-state index contributed by atoms with van der Waals surface area (Å²) in [6, 6.07) is 29.0. The van der Waals surface area contributed by atoms with Crippen LogP contribution in [0.3, 0.4) is 0 Å². The molecule has 0 bridgehead atoms. The number of hydrogen-bond acceptors (Lipinski definition) is 2. The van der Waals surface area contributed by atoms with E-state index >= 15 is 0 Å². The van der Waals surface area contributed by atoms with Crippen molar-refractivity contribution in [2.24, 2.45) is 4.40 Å². The van der Waals surface area contributed by atoms with Crippen LogP contribution in [0.15, 0.2) is 93.8 Å². The first kappa shape index (κ1) is 26.7. The van der Waals surface area contributed by atoms with Crippen LogP contribution in [0.2, 0.25) is 5.04 Å². The summed E-state index contributed by atoms with van der Waals surface area (Å²) < 4.78 is 25.3. The maximum Gasteiger partial charge on any atom is 0.261 e. The van der Waals surface area contributed by atoms with Gasteiger partial charge in [-0.1, -0.05) is 109 Å². The highest BCUT2D eigenvalue weighted by atomic mass is 79.9. The zero-order valence-corrected chi connectivity index (χ0v) is 24.2. The first-order valence-electron chi connectivity index (χ1n) is 11.5. The maximum atomic E-state index is 13.1. The van der Waals surface area contributed by atoms with Gasteiger partial charge in [-0.15, -0.1) is 0 Å². The molecule has 0 radical (unpaired) electrons. The van der Waals surface area contributed by atoms with Crippen molar-refractivity contribution in [2.75, 3.05) is 6.61 Å². The van der Waals surface area contributed by atoms with Crippen LogP contribution < -0.4 is 10.4 Å². The molecule has 0 saturated carbocycles. The van der Waals surface area contributed by atoms with E-state index in [4.69, 9.17) is 8.82 Å². The van der Waals surface area contributed by atoms with Crippen LogP contribution in [0.4, 0.5) is 0 Å². The zero-order chi connectivity index (χ0) is 25.0. The minimum atomic E-state index is -2.75. The minimum Gasteiger partial charge on any atom is -0.401 e. The lowest BCUT2D eigenvalue weighted by Gasteiger charge is -2.43. The lowest BCUT2D eigenvalue weighted by molar-refractivity contribution is 0.352. The highest BCUT2D eigenvalue weighted by Crippen LogP contribution is 2.37. The summed E-state index contributed by atoms with van der Waals surface area (Å²) in [6.07, 6.45) is 0. The molecule has 3 aromatic rings. The highest BCUT2D eigenvalue weighted by Gasteiger charge is 2.50. The second-order valence-corrected chi connectivity index (χ2v) is 17.5. The Labute approximate surface area is 216 Å². The fourth-order valence-electron chi connectivity index (χ4n) is 4.01. The maximum absolute atomic E-state index is 13.1. The topological polar surface area (TPSA) is 38.7 Å². The average molecular weight is 557 g/mol. The Morgan fingerprint density at radius 2 is 1.38 bits per heavy atom. The van der Waals surface area contributed by atoms with E-state index in [0.717, 1.165) is 10.0 Å². The van der Waals surface area contributed by atoms with Crippen LogP contribution >= 0.6 is 15.9 Å². The Balaban J connectivity index is 2.16. The molecule has 0 fully saturated rings. The van der Waals surface area contributed by atoms with Crippen LogP contribution in [0.5, 0.6) is 0 Å². The molecular formula is C28H34BrNO2SSi. The van der Waals surface area contributed by atoms with Crippen molar-refractivity contribution < 1.29 is 8.63 Å². The average Bonchev–Trinajstić information content (AvgIpc) is 2.78. The molecule has 0 saturated heterocycles. The number of benzene rings is 3. The van der Waals surface area contributed by atoms with Crippen LogP contribution in [0.1, 0.15) is 47.1 Å². The Hall–Kier alpha value is -1.86. The molecule has 0 aliphatic heterocycles. The zero-order valence-electron chi connectivity index (χ0n) is 20.8. The third kappa shape index (κ3) is 6.03. The van der Waals surface area contributed by atoms with E-state index in [2.05, 4.69) is 85.2 Å². The molecule has 0 aliphatic carbocycles. The fourth-order valence-corrected chi connectivity index (χ4v) is 9.55. The minimum absolute atomic E-state index is 0.152. The van der Waals surface area contributed by atoms with E-state index in [9.17, 15) is 4.21 Å². The van der Waals surface area contributed by atoms with Crippen molar-refractivity contribution in [1.82, 2.24) is 0 Å². The van der Waals surface area contributed by atoms with Gasteiger partial charge in [-0.2, -0.15) is 4.40 Å². The van der Waals surface area contributed by atoms with Gasteiger partial charge in [0.2, 0.25) is 0 Å². The molecule has 0 unspecified atom stereocenters. The number of rotatable bonds is 7. The summed E-state index contributed by atoms with van der Waals surface area (Å²) in [7, 11) is -4.15. The summed E-state index contributed by atoms with van der Waals surface area (Å²) in [4.78, 5) is 0. The molecule has 0 heterocycles. The number of halogens is 1. The summed E-state index contributed by atoms with van der Waals surface area (Å²) in [5.41, 5.74) is 1.60. The van der Waals surface area contributed by atoms with Crippen LogP contribution in [-0.4, -0.2) is 29.6 Å². The smallest absolute Gasteiger partial charge is 0.261 e. The van der Waals surface area contributed by atoms with Gasteiger partial charge in [-0.3, -0.25) is 0 Å². The van der Waals surface area contributed by atoms with E-state index in [1.807, 2.05) is 57.2 Å². The second-order valence-electron chi connectivity index (χ2n) is 10.4. The molecule has 34 heavy (non-hydrogen) atoms. The van der Waals surface area contributed by atoms with E-state index in [1.165, 1.54) is 10.4 Å². The molecular weight excluding hydrogens is 522 g/mol. The van der Waals surface area contributed by atoms with Crippen molar-refractivity contribution in [2.45, 2.75) is 51.3 Å². The molecule has 0 aromatic heterocycles. The SMILES string of the molecule is CC(C)(C)[S@](=O)/N=C(\CO[Si](c1ccccc1)(c1ccccc1)C(C)(C)C)c1cccc(Br)c1. The van der Waals surface area contributed by atoms with Gasteiger partial charge in [-0.05, 0) is 48.3 Å². The van der Waals surface area contributed by atoms with E-state index in [0.29, 0.717) is 5.71 Å². The largest absolute Gasteiger partial charge is 0.401 e. The van der Waals surface area contributed by atoms with Gasteiger partial charge >= 0.3 is 0 Å². The molecule has 0 aliphatic rings. The first-order chi connectivity index (χ1) is 15.9. The monoisotopic (exact) mass is 555 g/mol. The Bertz CT molecular complexity index is 1110. The van der Waals surface area contributed by atoms with Crippen LogP contribution in [-0.2, 0) is 15.4 Å². The summed E-state index contributed by atoms with van der Waals surface area (Å²) in [6.45, 7) is 12.8. The molecule has 180 valence electrons. The second kappa shape index (κ2) is 10.8. The molecule has 0 amide bonds. The van der Waals surface area contributed by atoms with Gasteiger partial charge in [0.05, 0.1) is 17.1 Å². The van der Waals surface area contributed by atoms with Gasteiger partial charge < -0.3 is 4.43 Å². The van der Waals surface area contributed by atoms with Crippen molar-refractivity contribution in [1.29, 1.82) is 0 Å². The summed E-state index contributed by atoms with van der Waals surface area (Å²) in [5, 5.41) is 2.26. The van der Waals surface area contributed by atoms with Crippen molar-refractivity contribution in [3.8, 4) is 0 Å². The molecule has 3 rings (SSSR count). The molecule has 0 spiro atoms. The Morgan fingerprint density at radius 1 is 0.853 bits per heavy atom. The summed E-state index contributed by atoms with van der Waals surface area (Å²) in [5.74, 6) is 0. The predicted molar refractivity (Wildman–Crippen MR) is 152 cm³/mol. The van der Waals surface area contributed by atoms with Crippen molar-refractivity contribution in [3.05, 3.63) is 95.0 Å². The molecule has 0 N–H and O–H groups in total. The predicted octanol–water partition coefficient (Wildman–Crippen LogP) is 6.28. The fraction of sp³-hybridized carbons (Fsp3) is 0.321. The van der Waals surface area contributed by atoms with E-state index in [1.54, 1.807) is 0 Å². The third-order valence-electron chi connectivity index (χ3n) is 5.72.